The first-order valence-electron chi connectivity index (χ1n) is 9.60. The molecule has 1 heterocycles. The van der Waals surface area contributed by atoms with E-state index in [1.165, 1.54) is 18.9 Å². The summed E-state index contributed by atoms with van der Waals surface area (Å²) in [6.07, 6.45) is -1.08. The molecule has 0 aromatic heterocycles. The maximum absolute atomic E-state index is 12.9. The molecule has 3 rings (SSSR count). The largest absolute Gasteiger partial charge is 0.496 e. The Kier molecular flexibility index (Phi) is 6.68. The van der Waals surface area contributed by atoms with Crippen molar-refractivity contribution in [3.8, 4) is 5.75 Å². The first kappa shape index (κ1) is 21.3. The van der Waals surface area contributed by atoms with Crippen molar-refractivity contribution in [1.29, 1.82) is 0 Å². The summed E-state index contributed by atoms with van der Waals surface area (Å²) < 4.78 is 16.1. The first-order chi connectivity index (χ1) is 14.4. The second kappa shape index (κ2) is 9.41. The van der Waals surface area contributed by atoms with Gasteiger partial charge in [-0.2, -0.15) is 0 Å². The van der Waals surface area contributed by atoms with E-state index in [4.69, 9.17) is 14.2 Å². The van der Waals surface area contributed by atoms with E-state index < -0.39 is 18.0 Å². The van der Waals surface area contributed by atoms with Gasteiger partial charge in [0.15, 0.2) is 6.10 Å². The van der Waals surface area contributed by atoms with Gasteiger partial charge in [-0.25, -0.2) is 4.79 Å². The Morgan fingerprint density at radius 1 is 1.20 bits per heavy atom. The van der Waals surface area contributed by atoms with Crippen LogP contribution in [-0.2, 0) is 25.7 Å². The van der Waals surface area contributed by atoms with Gasteiger partial charge in [0.25, 0.3) is 5.91 Å². The van der Waals surface area contributed by atoms with Crippen LogP contribution in [0.15, 0.2) is 42.5 Å². The minimum absolute atomic E-state index is 0.140. The number of esters is 1. The van der Waals surface area contributed by atoms with Crippen molar-refractivity contribution in [3.63, 3.8) is 0 Å². The Morgan fingerprint density at radius 3 is 2.70 bits per heavy atom. The first-order valence-corrected chi connectivity index (χ1v) is 9.60. The average molecular weight is 412 g/mol. The molecule has 0 saturated carbocycles. The van der Waals surface area contributed by atoms with Crippen LogP contribution in [0.5, 0.6) is 5.75 Å². The maximum Gasteiger partial charge on any atom is 0.338 e. The summed E-state index contributed by atoms with van der Waals surface area (Å²) in [5, 5.41) is 2.72. The van der Waals surface area contributed by atoms with E-state index >= 15 is 0 Å². The van der Waals surface area contributed by atoms with Crippen LogP contribution in [-0.4, -0.2) is 44.1 Å². The smallest absolute Gasteiger partial charge is 0.338 e. The monoisotopic (exact) mass is 412 g/mol. The second-order valence-corrected chi connectivity index (χ2v) is 6.70. The number of benzene rings is 2. The summed E-state index contributed by atoms with van der Waals surface area (Å²) in [6.45, 7) is 4.03. The van der Waals surface area contributed by atoms with E-state index in [1.54, 1.807) is 42.5 Å². The van der Waals surface area contributed by atoms with Crippen LogP contribution in [0.3, 0.4) is 0 Å². The molecule has 2 aromatic rings. The third-order valence-corrected chi connectivity index (χ3v) is 4.65. The summed E-state index contributed by atoms with van der Waals surface area (Å²) in [7, 11) is 1.54. The molecule has 0 aliphatic carbocycles. The Morgan fingerprint density at radius 2 is 1.97 bits per heavy atom. The van der Waals surface area contributed by atoms with Crippen molar-refractivity contribution in [2.24, 2.45) is 0 Å². The highest BCUT2D eigenvalue weighted by Gasteiger charge is 2.31. The van der Waals surface area contributed by atoms with Crippen molar-refractivity contribution in [2.45, 2.75) is 26.6 Å². The molecule has 0 fully saturated rings. The molecule has 0 radical (unpaired) electrons. The zero-order valence-corrected chi connectivity index (χ0v) is 17.1. The summed E-state index contributed by atoms with van der Waals surface area (Å²) >= 11 is 0. The molecule has 1 N–H and O–H groups in total. The van der Waals surface area contributed by atoms with Crippen molar-refractivity contribution in [1.82, 2.24) is 0 Å². The van der Waals surface area contributed by atoms with Crippen LogP contribution in [0.2, 0.25) is 0 Å². The molecule has 158 valence electrons. The highest BCUT2D eigenvalue weighted by Crippen LogP contribution is 2.29. The molecule has 8 heteroatoms. The highest BCUT2D eigenvalue weighted by molar-refractivity contribution is 6.11. The van der Waals surface area contributed by atoms with Gasteiger partial charge in [0.1, 0.15) is 12.3 Å². The third kappa shape index (κ3) is 4.60. The van der Waals surface area contributed by atoms with Gasteiger partial charge in [0.2, 0.25) is 5.91 Å². The Hall–Kier alpha value is -3.39. The SMILES string of the molecule is CCOCc1cc(C(=O)O[C@@H](C)C(=O)N2CC(=O)Nc3ccccc32)ccc1OC. The summed E-state index contributed by atoms with van der Waals surface area (Å²) in [6, 6.07) is 11.8. The molecule has 8 nitrogen and oxygen atoms in total. The lowest BCUT2D eigenvalue weighted by Gasteiger charge is -2.30. The van der Waals surface area contributed by atoms with E-state index in [-0.39, 0.29) is 24.6 Å². The van der Waals surface area contributed by atoms with Gasteiger partial charge in [-0.3, -0.25) is 14.5 Å². The fraction of sp³-hybridized carbons (Fsp3) is 0.318. The van der Waals surface area contributed by atoms with Gasteiger partial charge < -0.3 is 19.5 Å². The molecule has 1 atom stereocenters. The molecular formula is C22H24N2O6. The number of amides is 2. The van der Waals surface area contributed by atoms with Crippen molar-refractivity contribution < 1.29 is 28.6 Å². The topological polar surface area (TPSA) is 94.2 Å². The fourth-order valence-electron chi connectivity index (χ4n) is 3.16. The summed E-state index contributed by atoms with van der Waals surface area (Å²) in [5.74, 6) is -0.837. The number of methoxy groups -OCH3 is 1. The number of para-hydroxylation sites is 2. The zero-order chi connectivity index (χ0) is 21.7. The van der Waals surface area contributed by atoms with E-state index in [2.05, 4.69) is 5.32 Å². The van der Waals surface area contributed by atoms with Crippen molar-refractivity contribution in [3.05, 3.63) is 53.6 Å². The van der Waals surface area contributed by atoms with Gasteiger partial charge in [-0.15, -0.1) is 0 Å². The molecule has 1 aliphatic rings. The van der Waals surface area contributed by atoms with Gasteiger partial charge >= 0.3 is 5.97 Å². The molecule has 1 aliphatic heterocycles. The van der Waals surface area contributed by atoms with E-state index in [9.17, 15) is 14.4 Å². The molecule has 30 heavy (non-hydrogen) atoms. The average Bonchev–Trinajstić information content (AvgIpc) is 2.76. The lowest BCUT2D eigenvalue weighted by molar-refractivity contribution is -0.128. The number of anilines is 2. The molecule has 2 amide bonds. The maximum atomic E-state index is 12.9. The minimum Gasteiger partial charge on any atom is -0.496 e. The van der Waals surface area contributed by atoms with Crippen molar-refractivity contribution >= 4 is 29.2 Å². The third-order valence-electron chi connectivity index (χ3n) is 4.65. The van der Waals surface area contributed by atoms with Crippen LogP contribution in [0.25, 0.3) is 0 Å². The number of hydrogen-bond donors (Lipinski definition) is 1. The molecule has 0 saturated heterocycles. The minimum atomic E-state index is -1.08. The summed E-state index contributed by atoms with van der Waals surface area (Å²) in [4.78, 5) is 38.8. The molecule has 2 aromatic carbocycles. The highest BCUT2D eigenvalue weighted by atomic mass is 16.5. The van der Waals surface area contributed by atoms with Gasteiger partial charge in [0, 0.05) is 12.2 Å². The van der Waals surface area contributed by atoms with Crippen LogP contribution < -0.4 is 15.0 Å². The predicted molar refractivity (Wildman–Crippen MR) is 111 cm³/mol. The van der Waals surface area contributed by atoms with Crippen LogP contribution in [0, 0.1) is 0 Å². The lowest BCUT2D eigenvalue weighted by Crippen LogP contribution is -2.47. The number of hydrogen-bond acceptors (Lipinski definition) is 6. The quantitative estimate of drug-likeness (QED) is 0.703. The van der Waals surface area contributed by atoms with E-state index in [0.29, 0.717) is 29.3 Å². The number of nitrogens with one attached hydrogen (secondary N) is 1. The predicted octanol–water partition coefficient (Wildman–Crippen LogP) is 2.76. The van der Waals surface area contributed by atoms with Gasteiger partial charge in [0.05, 0.1) is 30.7 Å². The number of fused-ring (bicyclic) bond motifs is 1. The van der Waals surface area contributed by atoms with E-state index in [1.807, 2.05) is 6.92 Å². The second-order valence-electron chi connectivity index (χ2n) is 6.70. The van der Waals surface area contributed by atoms with E-state index in [0.717, 1.165) is 0 Å². The van der Waals surface area contributed by atoms with Crippen LogP contribution in [0.1, 0.15) is 29.8 Å². The molecule has 0 unspecified atom stereocenters. The zero-order valence-electron chi connectivity index (χ0n) is 17.1. The standard InChI is InChI=1S/C22H24N2O6/c1-4-29-13-16-11-15(9-10-19(16)28-3)22(27)30-14(2)21(26)24-12-20(25)23-17-7-5-6-8-18(17)24/h5-11,14H,4,12-13H2,1-3H3,(H,23,25)/t14-/m0/s1. The Labute approximate surface area is 174 Å². The van der Waals surface area contributed by atoms with Gasteiger partial charge in [-0.05, 0) is 44.2 Å². The Bertz CT molecular complexity index is 958. The lowest BCUT2D eigenvalue weighted by atomic mass is 10.1. The Balaban J connectivity index is 1.74. The number of carbonyl (C=O) groups excluding carboxylic acids is 3. The number of rotatable bonds is 7. The normalized spacial score (nSPS) is 13.8. The fourth-order valence-corrected chi connectivity index (χ4v) is 3.16. The number of ether oxygens (including phenoxy) is 3. The number of nitrogens with zero attached hydrogens (tertiary/aromatic N) is 1. The molecule has 0 bridgehead atoms. The van der Waals surface area contributed by atoms with Gasteiger partial charge in [-0.1, -0.05) is 12.1 Å². The summed E-state index contributed by atoms with van der Waals surface area (Å²) in [5.41, 5.74) is 2.08. The van der Waals surface area contributed by atoms with Crippen molar-refractivity contribution in [2.75, 3.05) is 30.5 Å². The van der Waals surface area contributed by atoms with Crippen LogP contribution >= 0.6 is 0 Å². The molecule has 0 spiro atoms. The van der Waals surface area contributed by atoms with Crippen LogP contribution in [0.4, 0.5) is 11.4 Å². The molecular weight excluding hydrogens is 388 g/mol. The number of carbonyl (C=O) groups is 3.